The number of hydrogen-bond donors (Lipinski definition) is 2. The number of nitrogens with two attached hydrogens (primary N) is 1. The minimum atomic E-state index is 0.0261. The zero-order valence-electron chi connectivity index (χ0n) is 14.7. The topological polar surface area (TPSA) is 64.3 Å². The molecule has 0 bridgehead atoms. The number of nitrogens with one attached hydrogen (secondary N) is 1. The molecule has 0 aromatic heterocycles. The van der Waals surface area contributed by atoms with Gasteiger partial charge in [0.25, 0.3) is 0 Å². The Bertz CT molecular complexity index is 725. The highest BCUT2D eigenvalue weighted by Crippen LogP contribution is 2.32. The summed E-state index contributed by atoms with van der Waals surface area (Å²) in [4.78, 5) is 12.2. The maximum absolute atomic E-state index is 12.2. The number of carbonyl (C=O) groups is 1. The van der Waals surface area contributed by atoms with Gasteiger partial charge in [0.05, 0.1) is 6.42 Å². The Labute approximate surface area is 149 Å². The Hall–Kier alpha value is -2.33. The van der Waals surface area contributed by atoms with Crippen LogP contribution in [0.3, 0.4) is 0 Å². The molecule has 3 N–H and O–H groups in total. The molecule has 1 amide bonds. The highest BCUT2D eigenvalue weighted by atomic mass is 16.5. The van der Waals surface area contributed by atoms with Crippen LogP contribution < -0.4 is 15.8 Å². The van der Waals surface area contributed by atoms with Crippen LogP contribution in [0.1, 0.15) is 29.5 Å². The first-order valence-corrected chi connectivity index (χ1v) is 8.91. The molecule has 132 valence electrons. The quantitative estimate of drug-likeness (QED) is 0.778. The summed E-state index contributed by atoms with van der Waals surface area (Å²) in [5.41, 5.74) is 9.06. The molecule has 25 heavy (non-hydrogen) atoms. The van der Waals surface area contributed by atoms with Crippen molar-refractivity contribution in [3.8, 4) is 5.75 Å². The van der Waals surface area contributed by atoms with Crippen LogP contribution in [0.2, 0.25) is 0 Å². The first-order chi connectivity index (χ1) is 12.1. The fourth-order valence-electron chi connectivity index (χ4n) is 3.02. The maximum atomic E-state index is 12.2. The second-order valence-corrected chi connectivity index (χ2v) is 6.85. The Morgan fingerprint density at radius 2 is 1.96 bits per heavy atom. The summed E-state index contributed by atoms with van der Waals surface area (Å²) < 4.78 is 5.87. The maximum Gasteiger partial charge on any atom is 0.224 e. The van der Waals surface area contributed by atoms with Crippen LogP contribution in [0.4, 0.5) is 0 Å². The van der Waals surface area contributed by atoms with Crippen molar-refractivity contribution in [3.05, 3.63) is 65.2 Å². The molecule has 1 aliphatic carbocycles. The van der Waals surface area contributed by atoms with E-state index in [0.29, 0.717) is 25.5 Å². The molecule has 1 atom stereocenters. The average molecular weight is 338 g/mol. The van der Waals surface area contributed by atoms with E-state index in [1.165, 1.54) is 18.4 Å². The SMILES string of the molecule is Cc1cccc(COc2cccc(CC(=O)NC(CN)C3CC3)c2)c1. The molecule has 1 fully saturated rings. The summed E-state index contributed by atoms with van der Waals surface area (Å²) in [5.74, 6) is 1.38. The van der Waals surface area contributed by atoms with E-state index < -0.39 is 0 Å². The molecule has 3 rings (SSSR count). The lowest BCUT2D eigenvalue weighted by atomic mass is 10.1. The molecular weight excluding hydrogens is 312 g/mol. The zero-order valence-corrected chi connectivity index (χ0v) is 14.7. The Kier molecular flexibility index (Phi) is 5.71. The van der Waals surface area contributed by atoms with Crippen molar-refractivity contribution in [2.45, 2.75) is 38.8 Å². The van der Waals surface area contributed by atoms with E-state index in [-0.39, 0.29) is 11.9 Å². The Morgan fingerprint density at radius 1 is 1.20 bits per heavy atom. The van der Waals surface area contributed by atoms with Gasteiger partial charge in [-0.3, -0.25) is 4.79 Å². The van der Waals surface area contributed by atoms with Crippen LogP contribution in [0.15, 0.2) is 48.5 Å². The summed E-state index contributed by atoms with van der Waals surface area (Å²) in [7, 11) is 0. The number of amides is 1. The van der Waals surface area contributed by atoms with Gasteiger partial charge in [-0.25, -0.2) is 0 Å². The lowest BCUT2D eigenvalue weighted by Gasteiger charge is -2.16. The largest absolute Gasteiger partial charge is 0.489 e. The number of benzene rings is 2. The van der Waals surface area contributed by atoms with Gasteiger partial charge in [-0.15, -0.1) is 0 Å². The van der Waals surface area contributed by atoms with Gasteiger partial charge in [0.2, 0.25) is 5.91 Å². The van der Waals surface area contributed by atoms with Gasteiger partial charge in [-0.2, -0.15) is 0 Å². The van der Waals surface area contributed by atoms with Crippen molar-refractivity contribution in [1.82, 2.24) is 5.32 Å². The van der Waals surface area contributed by atoms with Crippen LogP contribution in [0.25, 0.3) is 0 Å². The molecule has 4 nitrogen and oxygen atoms in total. The molecule has 0 heterocycles. The normalized spacial score (nSPS) is 14.8. The molecule has 0 radical (unpaired) electrons. The van der Waals surface area contributed by atoms with Crippen molar-refractivity contribution in [1.29, 1.82) is 0 Å². The number of hydrogen-bond acceptors (Lipinski definition) is 3. The summed E-state index contributed by atoms with van der Waals surface area (Å²) >= 11 is 0. The van der Waals surface area contributed by atoms with Crippen molar-refractivity contribution in [2.75, 3.05) is 6.54 Å². The van der Waals surface area contributed by atoms with E-state index >= 15 is 0 Å². The smallest absolute Gasteiger partial charge is 0.224 e. The third-order valence-electron chi connectivity index (χ3n) is 4.54. The highest BCUT2D eigenvalue weighted by Gasteiger charge is 2.31. The van der Waals surface area contributed by atoms with E-state index in [0.717, 1.165) is 16.9 Å². The van der Waals surface area contributed by atoms with Gasteiger partial charge in [0.1, 0.15) is 12.4 Å². The second kappa shape index (κ2) is 8.17. The number of rotatable bonds is 8. The molecule has 1 aliphatic rings. The zero-order chi connectivity index (χ0) is 17.6. The molecule has 2 aromatic carbocycles. The minimum absolute atomic E-state index is 0.0261. The number of aryl methyl sites for hydroxylation is 1. The van der Waals surface area contributed by atoms with Crippen molar-refractivity contribution < 1.29 is 9.53 Å². The minimum Gasteiger partial charge on any atom is -0.489 e. The molecule has 0 saturated heterocycles. The molecule has 1 saturated carbocycles. The van der Waals surface area contributed by atoms with Crippen molar-refractivity contribution in [2.24, 2.45) is 11.7 Å². The van der Waals surface area contributed by atoms with E-state index in [9.17, 15) is 4.79 Å². The Balaban J connectivity index is 1.54. The summed E-state index contributed by atoms with van der Waals surface area (Å²) in [6, 6.07) is 16.1. The van der Waals surface area contributed by atoms with Crippen molar-refractivity contribution in [3.63, 3.8) is 0 Å². The predicted molar refractivity (Wildman–Crippen MR) is 99.4 cm³/mol. The van der Waals surface area contributed by atoms with Crippen LogP contribution >= 0.6 is 0 Å². The third-order valence-corrected chi connectivity index (χ3v) is 4.54. The Morgan fingerprint density at radius 3 is 2.68 bits per heavy atom. The summed E-state index contributed by atoms with van der Waals surface area (Å²) in [5, 5.41) is 3.06. The predicted octanol–water partition coefficient (Wildman–Crippen LogP) is 2.97. The van der Waals surface area contributed by atoms with Gasteiger partial charge in [0, 0.05) is 12.6 Å². The molecular formula is C21H26N2O2. The van der Waals surface area contributed by atoms with E-state index in [1.807, 2.05) is 30.3 Å². The monoisotopic (exact) mass is 338 g/mol. The third kappa shape index (κ3) is 5.33. The van der Waals surface area contributed by atoms with Crippen LogP contribution in [-0.4, -0.2) is 18.5 Å². The lowest BCUT2D eigenvalue weighted by molar-refractivity contribution is -0.121. The van der Waals surface area contributed by atoms with Crippen LogP contribution in [0.5, 0.6) is 5.75 Å². The average Bonchev–Trinajstić information content (AvgIpc) is 3.43. The van der Waals surface area contributed by atoms with Crippen LogP contribution in [0, 0.1) is 12.8 Å². The summed E-state index contributed by atoms with van der Waals surface area (Å²) in [6.45, 7) is 3.10. The standard InChI is InChI=1S/C21H26N2O2/c1-15-4-2-6-17(10-15)14-25-19-7-3-5-16(11-19)12-21(24)23-20(13-22)18-8-9-18/h2-7,10-11,18,20H,8-9,12-14,22H2,1H3,(H,23,24). The first-order valence-electron chi connectivity index (χ1n) is 8.91. The van der Waals surface area contributed by atoms with Gasteiger partial charge in [-0.1, -0.05) is 42.0 Å². The van der Waals surface area contributed by atoms with E-state index in [2.05, 4.69) is 30.4 Å². The van der Waals surface area contributed by atoms with E-state index in [4.69, 9.17) is 10.5 Å². The van der Waals surface area contributed by atoms with Crippen LogP contribution in [-0.2, 0) is 17.8 Å². The van der Waals surface area contributed by atoms with Gasteiger partial charge in [0.15, 0.2) is 0 Å². The highest BCUT2D eigenvalue weighted by molar-refractivity contribution is 5.79. The van der Waals surface area contributed by atoms with E-state index in [1.54, 1.807) is 0 Å². The molecule has 0 aliphatic heterocycles. The first kappa shape index (κ1) is 17.5. The van der Waals surface area contributed by atoms with Gasteiger partial charge < -0.3 is 15.8 Å². The van der Waals surface area contributed by atoms with Gasteiger partial charge in [-0.05, 0) is 48.9 Å². The molecule has 0 spiro atoms. The second-order valence-electron chi connectivity index (χ2n) is 6.85. The molecule has 1 unspecified atom stereocenters. The fourth-order valence-corrected chi connectivity index (χ4v) is 3.02. The molecule has 2 aromatic rings. The number of ether oxygens (including phenoxy) is 1. The van der Waals surface area contributed by atoms with Gasteiger partial charge >= 0.3 is 0 Å². The molecule has 4 heteroatoms. The van der Waals surface area contributed by atoms with Crippen molar-refractivity contribution >= 4 is 5.91 Å². The number of carbonyl (C=O) groups excluding carboxylic acids is 1. The lowest BCUT2D eigenvalue weighted by Crippen LogP contribution is -2.42. The summed E-state index contributed by atoms with van der Waals surface area (Å²) in [6.07, 6.45) is 2.69. The fraction of sp³-hybridized carbons (Fsp3) is 0.381.